The zero-order valence-electron chi connectivity index (χ0n) is 20.0. The van der Waals surface area contributed by atoms with Gasteiger partial charge in [0.25, 0.3) is 0 Å². The summed E-state index contributed by atoms with van der Waals surface area (Å²) in [6.45, 7) is 0.788. The summed E-state index contributed by atoms with van der Waals surface area (Å²) in [5.41, 5.74) is 8.40. The smallest absolute Gasteiger partial charge is 0.234 e. The lowest BCUT2D eigenvalue weighted by Crippen LogP contribution is -2.59. The van der Waals surface area contributed by atoms with Gasteiger partial charge in [0.2, 0.25) is 11.8 Å². The summed E-state index contributed by atoms with van der Waals surface area (Å²) in [5.74, 6) is 2.30. The molecule has 0 aromatic heterocycles. The molecule has 0 radical (unpaired) electrons. The van der Waals surface area contributed by atoms with E-state index in [1.807, 2.05) is 0 Å². The van der Waals surface area contributed by atoms with Gasteiger partial charge in [-0.15, -0.1) is 0 Å². The van der Waals surface area contributed by atoms with Crippen LogP contribution in [0.4, 0.5) is 0 Å². The van der Waals surface area contributed by atoms with Gasteiger partial charge >= 0.3 is 0 Å². The number of nitrogens with two attached hydrogens (primary N) is 1. The lowest BCUT2D eigenvalue weighted by molar-refractivity contribution is -0.134. The number of piperidine rings is 1. The Labute approximate surface area is 198 Å². The molecule has 2 atom stereocenters. The topological polar surface area (TPSA) is 84.2 Å². The molecule has 6 rings (SSSR count). The van der Waals surface area contributed by atoms with E-state index in [1.165, 1.54) is 63.4 Å². The molecule has 4 aliphatic carbocycles. The van der Waals surface area contributed by atoms with E-state index in [0.29, 0.717) is 24.4 Å². The van der Waals surface area contributed by atoms with Crippen molar-refractivity contribution in [1.82, 2.24) is 10.6 Å². The predicted molar refractivity (Wildman–Crippen MR) is 130 cm³/mol. The number of hydrogen-bond acceptors (Lipinski definition) is 4. The van der Waals surface area contributed by atoms with E-state index in [0.717, 1.165) is 42.7 Å². The minimum atomic E-state index is -0.206. The molecule has 4 N–H and O–H groups in total. The predicted octanol–water partition coefficient (Wildman–Crippen LogP) is 4.72. The van der Waals surface area contributed by atoms with Crippen LogP contribution in [0, 0.1) is 17.8 Å². The molecule has 2 amide bonds. The second-order valence-electron chi connectivity index (χ2n) is 11.6. The summed E-state index contributed by atoms with van der Waals surface area (Å²) < 4.78 is 0. The van der Waals surface area contributed by atoms with Crippen molar-refractivity contribution in [3.8, 4) is 0 Å². The quantitative estimate of drug-likeness (QED) is 0.355. The first-order chi connectivity index (χ1) is 16.0. The van der Waals surface area contributed by atoms with Crippen LogP contribution in [0.25, 0.3) is 0 Å². The van der Waals surface area contributed by atoms with E-state index >= 15 is 0 Å². The molecule has 5 aliphatic rings. The zero-order chi connectivity index (χ0) is 22.8. The van der Waals surface area contributed by atoms with Crippen molar-refractivity contribution in [2.24, 2.45) is 23.5 Å². The lowest BCUT2D eigenvalue weighted by Gasteiger charge is -2.58. The zero-order valence-corrected chi connectivity index (χ0v) is 20.0. The average molecular weight is 452 g/mol. The molecule has 5 fully saturated rings. The Bertz CT molecular complexity index is 814. The molecule has 180 valence electrons. The van der Waals surface area contributed by atoms with Crippen molar-refractivity contribution in [2.75, 3.05) is 6.54 Å². The maximum Gasteiger partial charge on any atom is 0.234 e. The van der Waals surface area contributed by atoms with E-state index in [-0.39, 0.29) is 17.7 Å². The Kier molecular flexibility index (Phi) is 6.89. The van der Waals surface area contributed by atoms with Crippen molar-refractivity contribution in [3.63, 3.8) is 0 Å². The van der Waals surface area contributed by atoms with Crippen molar-refractivity contribution >= 4 is 11.8 Å². The van der Waals surface area contributed by atoms with Gasteiger partial charge in [-0.25, -0.2) is 0 Å². The van der Waals surface area contributed by atoms with Crippen LogP contribution >= 0.6 is 0 Å². The normalized spacial score (nSPS) is 33.8. The monoisotopic (exact) mass is 451 g/mol. The number of nitrogens with one attached hydrogen (secondary N) is 2. The summed E-state index contributed by atoms with van der Waals surface area (Å²) >= 11 is 0. The standard InChI is InChI=1S/C28H41N3O2/c29-12-4-2-1-3-5-25(31-28-16-19-13-20(17-28)15-21(14-19)18-28)23-8-6-22(7-9-23)24-10-11-26(32)30-27(24)33/h6-9,19-21,24-25,31H,1-5,10-18,29H2,(H,30,32,33). The molecule has 1 heterocycles. The summed E-state index contributed by atoms with van der Waals surface area (Å²) in [4.78, 5) is 23.8. The number of unbranched alkanes of at least 4 members (excludes halogenated alkanes) is 3. The highest BCUT2D eigenvalue weighted by molar-refractivity contribution is 6.00. The fraction of sp³-hybridized carbons (Fsp3) is 0.714. The largest absolute Gasteiger partial charge is 0.330 e. The van der Waals surface area contributed by atoms with Crippen molar-refractivity contribution in [3.05, 3.63) is 35.4 Å². The number of imide groups is 1. The van der Waals surface area contributed by atoms with Gasteiger partial charge in [-0.05, 0) is 93.2 Å². The van der Waals surface area contributed by atoms with E-state index in [2.05, 4.69) is 34.9 Å². The van der Waals surface area contributed by atoms with Crippen LogP contribution in [0.3, 0.4) is 0 Å². The molecule has 2 unspecified atom stereocenters. The highest BCUT2D eigenvalue weighted by Crippen LogP contribution is 2.56. The Morgan fingerprint density at radius 3 is 2.18 bits per heavy atom. The second kappa shape index (κ2) is 9.87. The van der Waals surface area contributed by atoms with Gasteiger partial charge in [0.15, 0.2) is 0 Å². The Hall–Kier alpha value is -1.72. The first-order valence-electron chi connectivity index (χ1n) is 13.4. The number of benzene rings is 1. The maximum absolute atomic E-state index is 12.3. The van der Waals surface area contributed by atoms with E-state index in [9.17, 15) is 9.59 Å². The van der Waals surface area contributed by atoms with Crippen LogP contribution in [0.1, 0.15) is 107 Å². The van der Waals surface area contributed by atoms with E-state index < -0.39 is 0 Å². The third-order valence-electron chi connectivity index (χ3n) is 8.95. The SMILES string of the molecule is NCCCCCCC(NC12CC3CC(CC(C3)C1)C2)c1ccc(C2CCC(=O)NC2=O)cc1. The van der Waals surface area contributed by atoms with Crippen molar-refractivity contribution in [1.29, 1.82) is 0 Å². The number of rotatable bonds is 10. The molecule has 1 saturated heterocycles. The molecule has 5 heteroatoms. The van der Waals surface area contributed by atoms with Gasteiger partial charge in [0.05, 0.1) is 5.92 Å². The summed E-state index contributed by atoms with van der Waals surface area (Å²) in [6, 6.07) is 9.08. The van der Waals surface area contributed by atoms with Gasteiger partial charge in [0, 0.05) is 18.0 Å². The van der Waals surface area contributed by atoms with Crippen LogP contribution in [0.15, 0.2) is 24.3 Å². The Morgan fingerprint density at radius 1 is 0.939 bits per heavy atom. The van der Waals surface area contributed by atoms with Gasteiger partial charge < -0.3 is 11.1 Å². The summed E-state index contributed by atoms with van der Waals surface area (Å²) in [7, 11) is 0. The summed E-state index contributed by atoms with van der Waals surface area (Å²) in [6.07, 6.45) is 15.5. The molecule has 4 bridgehead atoms. The Morgan fingerprint density at radius 2 is 1.58 bits per heavy atom. The van der Waals surface area contributed by atoms with E-state index in [4.69, 9.17) is 5.73 Å². The van der Waals surface area contributed by atoms with Crippen LogP contribution in [0.2, 0.25) is 0 Å². The molecule has 0 spiro atoms. The number of amides is 2. The third-order valence-corrected chi connectivity index (χ3v) is 8.95. The van der Waals surface area contributed by atoms with E-state index in [1.54, 1.807) is 0 Å². The number of carbonyl (C=O) groups excluding carboxylic acids is 2. The average Bonchev–Trinajstić information content (AvgIpc) is 2.77. The van der Waals surface area contributed by atoms with Crippen LogP contribution < -0.4 is 16.4 Å². The first-order valence-corrected chi connectivity index (χ1v) is 13.4. The molecule has 1 aromatic rings. The highest BCUT2D eigenvalue weighted by Gasteiger charge is 2.51. The molecule has 1 aliphatic heterocycles. The first kappa shape index (κ1) is 23.0. The fourth-order valence-electron chi connectivity index (χ4n) is 7.80. The minimum absolute atomic E-state index is 0.151. The van der Waals surface area contributed by atoms with Crippen molar-refractivity contribution in [2.45, 2.75) is 101 Å². The van der Waals surface area contributed by atoms with Crippen LogP contribution in [0.5, 0.6) is 0 Å². The molecule has 1 aromatic carbocycles. The van der Waals surface area contributed by atoms with Gasteiger partial charge in [0.1, 0.15) is 0 Å². The van der Waals surface area contributed by atoms with Gasteiger partial charge in [-0.2, -0.15) is 0 Å². The van der Waals surface area contributed by atoms with Gasteiger partial charge in [-0.3, -0.25) is 14.9 Å². The Balaban J connectivity index is 1.30. The van der Waals surface area contributed by atoms with Gasteiger partial charge in [-0.1, -0.05) is 43.5 Å². The second-order valence-corrected chi connectivity index (χ2v) is 11.6. The number of carbonyl (C=O) groups is 2. The molecule has 4 saturated carbocycles. The highest BCUT2D eigenvalue weighted by atomic mass is 16.2. The molecular formula is C28H41N3O2. The van der Waals surface area contributed by atoms with Crippen LogP contribution in [-0.2, 0) is 9.59 Å². The lowest BCUT2D eigenvalue weighted by atomic mass is 9.53. The summed E-state index contributed by atoms with van der Waals surface area (Å²) in [5, 5.41) is 6.73. The fourth-order valence-corrected chi connectivity index (χ4v) is 7.80. The van der Waals surface area contributed by atoms with Crippen molar-refractivity contribution < 1.29 is 9.59 Å². The van der Waals surface area contributed by atoms with Crippen LogP contribution in [-0.4, -0.2) is 23.9 Å². The minimum Gasteiger partial charge on any atom is -0.330 e. The third kappa shape index (κ3) is 5.19. The molecular weight excluding hydrogens is 410 g/mol. The molecule has 5 nitrogen and oxygen atoms in total. The maximum atomic E-state index is 12.3. The number of hydrogen-bond donors (Lipinski definition) is 3. The molecule has 33 heavy (non-hydrogen) atoms.